The number of aliphatic carboxylic acids is 1. The molecule has 0 aromatic rings. The van der Waals surface area contributed by atoms with E-state index in [-0.39, 0.29) is 12.0 Å². The van der Waals surface area contributed by atoms with Crippen LogP contribution in [-0.4, -0.2) is 29.6 Å². The molecular weight excluding hydrogens is 230 g/mol. The summed E-state index contributed by atoms with van der Waals surface area (Å²) < 4.78 is 5.68. The van der Waals surface area contributed by atoms with E-state index in [1.165, 1.54) is 38.5 Å². The van der Waals surface area contributed by atoms with Crippen molar-refractivity contribution in [2.75, 3.05) is 6.61 Å². The Kier molecular flexibility index (Phi) is 2.10. The van der Waals surface area contributed by atoms with E-state index in [0.29, 0.717) is 0 Å². The molecule has 98 valence electrons. The molecule has 1 atom stereocenters. The lowest BCUT2D eigenvalue weighted by atomic mass is 9.49. The van der Waals surface area contributed by atoms with Crippen LogP contribution in [0.1, 0.15) is 38.5 Å². The summed E-state index contributed by atoms with van der Waals surface area (Å²) in [5, 5.41) is 9.03. The van der Waals surface area contributed by atoms with Crippen molar-refractivity contribution in [2.45, 2.75) is 44.6 Å². The molecular formula is C14H19NO3. The molecule has 0 radical (unpaired) electrons. The first kappa shape index (κ1) is 10.8. The van der Waals surface area contributed by atoms with E-state index in [1.807, 2.05) is 0 Å². The zero-order valence-corrected chi connectivity index (χ0v) is 10.5. The van der Waals surface area contributed by atoms with Gasteiger partial charge in [-0.25, -0.2) is 9.79 Å². The van der Waals surface area contributed by atoms with Gasteiger partial charge >= 0.3 is 5.97 Å². The van der Waals surface area contributed by atoms with Crippen molar-refractivity contribution in [1.29, 1.82) is 0 Å². The van der Waals surface area contributed by atoms with E-state index in [0.717, 1.165) is 23.7 Å². The Labute approximate surface area is 106 Å². The van der Waals surface area contributed by atoms with Crippen LogP contribution in [0.2, 0.25) is 0 Å². The molecule has 4 bridgehead atoms. The standard InChI is InChI=1S/C14H19NO3/c16-12(17)11-7-18-13(15-11)14-4-8-1-9(5-14)3-10(2-8)6-14/h8-11H,1-7H2,(H,16,17). The molecule has 0 aromatic carbocycles. The van der Waals surface area contributed by atoms with Gasteiger partial charge in [-0.05, 0) is 56.3 Å². The van der Waals surface area contributed by atoms with Gasteiger partial charge in [-0.1, -0.05) is 0 Å². The number of hydrogen-bond acceptors (Lipinski definition) is 3. The lowest BCUT2D eigenvalue weighted by Gasteiger charge is -2.55. The highest BCUT2D eigenvalue weighted by atomic mass is 16.5. The average Bonchev–Trinajstić information content (AvgIpc) is 2.76. The molecule has 4 nitrogen and oxygen atoms in total. The quantitative estimate of drug-likeness (QED) is 0.815. The molecule has 0 spiro atoms. The van der Waals surface area contributed by atoms with Crippen molar-refractivity contribution in [3.8, 4) is 0 Å². The SMILES string of the molecule is O=C(O)C1COC(C23CC4CC(CC(C4)C2)C3)=N1. The van der Waals surface area contributed by atoms with Gasteiger partial charge in [-0.3, -0.25) is 0 Å². The molecule has 5 aliphatic rings. The van der Waals surface area contributed by atoms with Gasteiger partial charge in [0, 0.05) is 5.41 Å². The molecule has 0 amide bonds. The first-order valence-corrected chi connectivity index (χ1v) is 7.08. The topological polar surface area (TPSA) is 58.9 Å². The fourth-order valence-corrected chi connectivity index (χ4v) is 5.16. The van der Waals surface area contributed by atoms with Crippen molar-refractivity contribution in [2.24, 2.45) is 28.2 Å². The summed E-state index contributed by atoms with van der Waals surface area (Å²) in [6, 6.07) is -0.659. The fraction of sp³-hybridized carbons (Fsp3) is 0.857. The smallest absolute Gasteiger partial charge is 0.332 e. The minimum atomic E-state index is -0.852. The summed E-state index contributed by atoms with van der Waals surface area (Å²) in [5.74, 6) is 2.45. The van der Waals surface area contributed by atoms with Crippen LogP contribution in [0.25, 0.3) is 0 Å². The van der Waals surface area contributed by atoms with Crippen molar-refractivity contribution in [1.82, 2.24) is 0 Å². The third-order valence-electron chi connectivity index (χ3n) is 5.43. The maximum absolute atomic E-state index is 11.0. The Morgan fingerprint density at radius 1 is 1.17 bits per heavy atom. The number of aliphatic imine (C=N–C) groups is 1. The fourth-order valence-electron chi connectivity index (χ4n) is 5.16. The lowest BCUT2D eigenvalue weighted by Crippen LogP contribution is -2.50. The number of rotatable bonds is 2. The van der Waals surface area contributed by atoms with Gasteiger partial charge in [0.15, 0.2) is 11.9 Å². The Morgan fingerprint density at radius 2 is 1.72 bits per heavy atom. The predicted molar refractivity (Wildman–Crippen MR) is 65.4 cm³/mol. The van der Waals surface area contributed by atoms with Crippen molar-refractivity contribution in [3.63, 3.8) is 0 Å². The summed E-state index contributed by atoms with van der Waals surface area (Å²) in [5.41, 5.74) is 0.110. The van der Waals surface area contributed by atoms with E-state index >= 15 is 0 Å². The number of hydrogen-bond donors (Lipinski definition) is 1. The second-order valence-electron chi connectivity index (χ2n) is 6.80. The third-order valence-corrected chi connectivity index (χ3v) is 5.43. The normalized spacial score (nSPS) is 49.0. The van der Waals surface area contributed by atoms with E-state index in [4.69, 9.17) is 9.84 Å². The number of nitrogens with zero attached hydrogens (tertiary/aromatic N) is 1. The molecule has 0 aromatic heterocycles. The number of carboxylic acids is 1. The highest BCUT2D eigenvalue weighted by Gasteiger charge is 2.55. The maximum atomic E-state index is 11.0. The van der Waals surface area contributed by atoms with E-state index in [1.54, 1.807) is 0 Å². The Bertz CT molecular complexity index is 393. The summed E-state index contributed by atoms with van der Waals surface area (Å²) in [6.07, 6.45) is 7.71. The van der Waals surface area contributed by atoms with Crippen molar-refractivity contribution in [3.05, 3.63) is 0 Å². The van der Waals surface area contributed by atoms with Crippen LogP contribution in [0, 0.1) is 23.2 Å². The summed E-state index contributed by atoms with van der Waals surface area (Å²) in [6.45, 7) is 0.242. The second kappa shape index (κ2) is 3.49. The second-order valence-corrected chi connectivity index (χ2v) is 6.80. The van der Waals surface area contributed by atoms with E-state index in [9.17, 15) is 4.79 Å². The van der Waals surface area contributed by atoms with Gasteiger partial charge < -0.3 is 9.84 Å². The van der Waals surface area contributed by atoms with Gasteiger partial charge in [0.05, 0.1) is 0 Å². The molecule has 5 rings (SSSR count). The molecule has 1 N–H and O–H groups in total. The average molecular weight is 249 g/mol. The van der Waals surface area contributed by atoms with Gasteiger partial charge in [-0.2, -0.15) is 0 Å². The molecule has 4 aliphatic carbocycles. The predicted octanol–water partition coefficient (Wildman–Crippen LogP) is 2.08. The monoisotopic (exact) mass is 249 g/mol. The Balaban J connectivity index is 1.64. The molecule has 1 aliphatic heterocycles. The summed E-state index contributed by atoms with van der Waals surface area (Å²) in [7, 11) is 0. The zero-order valence-electron chi connectivity index (χ0n) is 10.5. The number of ether oxygens (including phenoxy) is 1. The van der Waals surface area contributed by atoms with Gasteiger partial charge in [0.2, 0.25) is 0 Å². The summed E-state index contributed by atoms with van der Waals surface area (Å²) in [4.78, 5) is 15.4. The highest BCUT2D eigenvalue weighted by Crippen LogP contribution is 2.61. The first-order valence-electron chi connectivity index (χ1n) is 7.08. The Hall–Kier alpha value is -1.06. The maximum Gasteiger partial charge on any atom is 0.332 e. The van der Waals surface area contributed by atoms with Crippen LogP contribution in [0.5, 0.6) is 0 Å². The van der Waals surface area contributed by atoms with Crippen molar-refractivity contribution >= 4 is 11.9 Å². The highest BCUT2D eigenvalue weighted by molar-refractivity contribution is 5.89. The van der Waals surface area contributed by atoms with E-state index < -0.39 is 12.0 Å². The van der Waals surface area contributed by atoms with Crippen LogP contribution >= 0.6 is 0 Å². The molecule has 4 saturated carbocycles. The first-order chi connectivity index (χ1) is 8.64. The molecule has 1 heterocycles. The van der Waals surface area contributed by atoms with Crippen LogP contribution in [0.15, 0.2) is 4.99 Å². The lowest BCUT2D eigenvalue weighted by molar-refractivity contribution is -0.138. The minimum Gasteiger partial charge on any atom is -0.480 e. The number of carboxylic acid groups (broad SMARTS) is 1. The summed E-state index contributed by atoms with van der Waals surface area (Å²) >= 11 is 0. The van der Waals surface area contributed by atoms with Gasteiger partial charge in [0.1, 0.15) is 6.61 Å². The van der Waals surface area contributed by atoms with Crippen LogP contribution < -0.4 is 0 Å². The number of carbonyl (C=O) groups is 1. The van der Waals surface area contributed by atoms with E-state index in [2.05, 4.69) is 4.99 Å². The van der Waals surface area contributed by atoms with Gasteiger partial charge in [0.25, 0.3) is 0 Å². The van der Waals surface area contributed by atoms with Crippen LogP contribution in [0.3, 0.4) is 0 Å². The molecule has 1 unspecified atom stereocenters. The van der Waals surface area contributed by atoms with Crippen LogP contribution in [0.4, 0.5) is 0 Å². The molecule has 18 heavy (non-hydrogen) atoms. The largest absolute Gasteiger partial charge is 0.480 e. The minimum absolute atomic E-state index is 0.110. The van der Waals surface area contributed by atoms with Crippen LogP contribution in [-0.2, 0) is 9.53 Å². The Morgan fingerprint density at radius 3 is 2.17 bits per heavy atom. The molecule has 4 fully saturated rings. The van der Waals surface area contributed by atoms with Crippen molar-refractivity contribution < 1.29 is 14.6 Å². The zero-order chi connectivity index (χ0) is 12.3. The third kappa shape index (κ3) is 1.44. The molecule has 4 heteroatoms. The van der Waals surface area contributed by atoms with Gasteiger partial charge in [-0.15, -0.1) is 0 Å². The molecule has 0 saturated heterocycles.